The zero-order chi connectivity index (χ0) is 18.2. The number of hydrogen-bond acceptors (Lipinski definition) is 3. The molecular formula is C20H24N6. The molecule has 0 saturated heterocycles. The fourth-order valence-corrected chi connectivity index (χ4v) is 2.77. The van der Waals surface area contributed by atoms with Gasteiger partial charge in [-0.15, -0.1) is 0 Å². The Labute approximate surface area is 154 Å². The molecule has 3 aromatic rings. The zero-order valence-electron chi connectivity index (χ0n) is 15.2. The highest BCUT2D eigenvalue weighted by atomic mass is 15.2. The third kappa shape index (κ3) is 4.47. The third-order valence-electron chi connectivity index (χ3n) is 4.21. The second kappa shape index (κ2) is 8.80. The highest BCUT2D eigenvalue weighted by molar-refractivity contribution is 5.79. The summed E-state index contributed by atoms with van der Waals surface area (Å²) in [5.74, 6) is 1.62. The van der Waals surface area contributed by atoms with Crippen molar-refractivity contribution in [2.45, 2.75) is 26.4 Å². The van der Waals surface area contributed by atoms with E-state index in [0.29, 0.717) is 6.54 Å². The minimum absolute atomic E-state index is 0.666. The summed E-state index contributed by atoms with van der Waals surface area (Å²) >= 11 is 0. The Morgan fingerprint density at radius 2 is 1.88 bits per heavy atom. The first-order valence-corrected chi connectivity index (χ1v) is 8.74. The van der Waals surface area contributed by atoms with Gasteiger partial charge in [0.05, 0.1) is 0 Å². The van der Waals surface area contributed by atoms with Crippen LogP contribution in [0.3, 0.4) is 0 Å². The second-order valence-electron chi connectivity index (χ2n) is 5.89. The molecule has 2 N–H and O–H groups in total. The fraction of sp³-hybridized carbons (Fsp3) is 0.250. The van der Waals surface area contributed by atoms with Gasteiger partial charge in [-0.1, -0.05) is 31.2 Å². The summed E-state index contributed by atoms with van der Waals surface area (Å²) in [5.41, 5.74) is 3.78. The van der Waals surface area contributed by atoms with Gasteiger partial charge in [0, 0.05) is 38.7 Å². The molecule has 3 rings (SSSR count). The lowest BCUT2D eigenvalue weighted by atomic mass is 10.1. The Balaban J connectivity index is 1.58. The van der Waals surface area contributed by atoms with Crippen LogP contribution in [-0.4, -0.2) is 27.5 Å². The predicted molar refractivity (Wildman–Crippen MR) is 104 cm³/mol. The van der Waals surface area contributed by atoms with E-state index in [1.807, 2.05) is 22.9 Å². The van der Waals surface area contributed by atoms with Gasteiger partial charge in [-0.2, -0.15) is 0 Å². The standard InChI is InChI=1S/C20H24N6/c1-3-17-6-4-5-7-18(17)14-25-20(21-2)24-13-16-8-9-23-19(12-16)26-11-10-22-15-26/h4-12,15H,3,13-14H2,1-2H3,(H2,21,24,25). The molecule has 134 valence electrons. The molecule has 0 saturated carbocycles. The molecule has 0 fully saturated rings. The lowest BCUT2D eigenvalue weighted by Crippen LogP contribution is -2.36. The van der Waals surface area contributed by atoms with E-state index < -0.39 is 0 Å². The van der Waals surface area contributed by atoms with Crippen LogP contribution in [-0.2, 0) is 19.5 Å². The number of imidazole rings is 1. The lowest BCUT2D eigenvalue weighted by molar-refractivity contribution is 0.800. The molecule has 2 aromatic heterocycles. The molecule has 2 heterocycles. The van der Waals surface area contributed by atoms with E-state index in [1.54, 1.807) is 25.8 Å². The number of pyridine rings is 1. The molecule has 0 unspecified atom stereocenters. The van der Waals surface area contributed by atoms with Crippen molar-refractivity contribution in [1.29, 1.82) is 0 Å². The minimum atomic E-state index is 0.666. The molecule has 26 heavy (non-hydrogen) atoms. The lowest BCUT2D eigenvalue weighted by Gasteiger charge is -2.14. The van der Waals surface area contributed by atoms with Crippen LogP contribution in [0, 0.1) is 0 Å². The number of rotatable bonds is 6. The highest BCUT2D eigenvalue weighted by Crippen LogP contribution is 2.09. The molecule has 0 amide bonds. The topological polar surface area (TPSA) is 67.1 Å². The van der Waals surface area contributed by atoms with E-state index in [1.165, 1.54) is 11.1 Å². The molecule has 0 atom stereocenters. The van der Waals surface area contributed by atoms with Crippen LogP contribution >= 0.6 is 0 Å². The number of benzene rings is 1. The van der Waals surface area contributed by atoms with Crippen LogP contribution in [0.2, 0.25) is 0 Å². The molecule has 0 radical (unpaired) electrons. The Morgan fingerprint density at radius 1 is 1.08 bits per heavy atom. The van der Waals surface area contributed by atoms with E-state index in [2.05, 4.69) is 56.8 Å². The Morgan fingerprint density at radius 3 is 2.62 bits per heavy atom. The molecule has 0 bridgehead atoms. The van der Waals surface area contributed by atoms with Gasteiger partial charge in [0.2, 0.25) is 0 Å². The molecule has 6 heteroatoms. The molecule has 0 aliphatic rings. The summed E-state index contributed by atoms with van der Waals surface area (Å²) in [4.78, 5) is 12.7. The van der Waals surface area contributed by atoms with Gasteiger partial charge in [-0.05, 0) is 35.2 Å². The summed E-state index contributed by atoms with van der Waals surface area (Å²) in [7, 11) is 1.78. The van der Waals surface area contributed by atoms with Gasteiger partial charge in [-0.25, -0.2) is 9.97 Å². The Bertz CT molecular complexity index is 854. The highest BCUT2D eigenvalue weighted by Gasteiger charge is 2.04. The van der Waals surface area contributed by atoms with Crippen LogP contribution in [0.5, 0.6) is 0 Å². The maximum Gasteiger partial charge on any atom is 0.191 e. The first kappa shape index (κ1) is 17.7. The number of nitrogens with one attached hydrogen (secondary N) is 2. The van der Waals surface area contributed by atoms with Crippen molar-refractivity contribution in [3.63, 3.8) is 0 Å². The van der Waals surface area contributed by atoms with E-state index in [-0.39, 0.29) is 0 Å². The van der Waals surface area contributed by atoms with Crippen molar-refractivity contribution in [1.82, 2.24) is 25.2 Å². The van der Waals surface area contributed by atoms with Crippen molar-refractivity contribution in [2.24, 2.45) is 4.99 Å². The van der Waals surface area contributed by atoms with Crippen molar-refractivity contribution in [3.8, 4) is 5.82 Å². The fourth-order valence-electron chi connectivity index (χ4n) is 2.77. The van der Waals surface area contributed by atoms with Gasteiger partial charge in [-0.3, -0.25) is 9.56 Å². The smallest absolute Gasteiger partial charge is 0.191 e. The summed E-state index contributed by atoms with van der Waals surface area (Å²) in [5, 5.41) is 6.73. The molecule has 1 aromatic carbocycles. The van der Waals surface area contributed by atoms with Crippen molar-refractivity contribution >= 4 is 5.96 Å². The summed E-state index contributed by atoms with van der Waals surface area (Å²) in [6, 6.07) is 12.5. The normalized spacial score (nSPS) is 11.4. The number of nitrogens with zero attached hydrogens (tertiary/aromatic N) is 4. The molecule has 0 aliphatic heterocycles. The van der Waals surface area contributed by atoms with E-state index in [9.17, 15) is 0 Å². The average Bonchev–Trinajstić information content (AvgIpc) is 3.23. The van der Waals surface area contributed by atoms with Crippen molar-refractivity contribution < 1.29 is 0 Å². The van der Waals surface area contributed by atoms with Gasteiger partial charge >= 0.3 is 0 Å². The van der Waals surface area contributed by atoms with Gasteiger partial charge in [0.1, 0.15) is 12.1 Å². The first-order valence-electron chi connectivity index (χ1n) is 8.74. The monoisotopic (exact) mass is 348 g/mol. The summed E-state index contributed by atoms with van der Waals surface area (Å²) < 4.78 is 1.89. The summed E-state index contributed by atoms with van der Waals surface area (Å²) in [6.45, 7) is 3.59. The van der Waals surface area contributed by atoms with Crippen LogP contribution in [0.25, 0.3) is 5.82 Å². The molecule has 0 aliphatic carbocycles. The maximum absolute atomic E-state index is 4.37. The predicted octanol–water partition coefficient (Wildman–Crippen LogP) is 2.69. The SMILES string of the molecule is CCc1ccccc1CNC(=NC)NCc1ccnc(-n2ccnc2)c1. The van der Waals surface area contributed by atoms with Crippen LogP contribution in [0.4, 0.5) is 0 Å². The number of aryl methyl sites for hydroxylation is 1. The molecule has 6 nitrogen and oxygen atoms in total. The van der Waals surface area contributed by atoms with E-state index in [4.69, 9.17) is 0 Å². The van der Waals surface area contributed by atoms with Crippen LogP contribution in [0.1, 0.15) is 23.6 Å². The van der Waals surface area contributed by atoms with Crippen molar-refractivity contribution in [2.75, 3.05) is 7.05 Å². The van der Waals surface area contributed by atoms with Gasteiger partial charge in [0.25, 0.3) is 0 Å². The minimum Gasteiger partial charge on any atom is -0.352 e. The third-order valence-corrected chi connectivity index (χ3v) is 4.21. The molecule has 0 spiro atoms. The maximum atomic E-state index is 4.37. The number of aromatic nitrogens is 3. The largest absolute Gasteiger partial charge is 0.352 e. The van der Waals surface area contributed by atoms with Gasteiger partial charge in [0.15, 0.2) is 5.96 Å². The van der Waals surface area contributed by atoms with E-state index >= 15 is 0 Å². The van der Waals surface area contributed by atoms with Crippen molar-refractivity contribution in [3.05, 3.63) is 78.0 Å². The number of hydrogen-bond donors (Lipinski definition) is 2. The Hall–Kier alpha value is -3.15. The van der Waals surface area contributed by atoms with E-state index in [0.717, 1.165) is 30.3 Å². The quantitative estimate of drug-likeness (QED) is 0.531. The Kier molecular flexibility index (Phi) is 5.98. The van der Waals surface area contributed by atoms with Crippen LogP contribution < -0.4 is 10.6 Å². The second-order valence-corrected chi connectivity index (χ2v) is 5.89. The first-order chi connectivity index (χ1) is 12.8. The average molecular weight is 348 g/mol. The van der Waals surface area contributed by atoms with Crippen LogP contribution in [0.15, 0.2) is 66.3 Å². The number of aliphatic imine (C=N–C) groups is 1. The molecular weight excluding hydrogens is 324 g/mol. The summed E-state index contributed by atoms with van der Waals surface area (Å²) in [6.07, 6.45) is 8.20. The zero-order valence-corrected chi connectivity index (χ0v) is 15.2. The number of guanidine groups is 1. The van der Waals surface area contributed by atoms with Gasteiger partial charge < -0.3 is 10.6 Å².